The molecular formula is C18H22ClNO2. The van der Waals surface area contributed by atoms with Crippen molar-refractivity contribution in [1.29, 1.82) is 0 Å². The van der Waals surface area contributed by atoms with Gasteiger partial charge < -0.3 is 9.52 Å². The third-order valence-corrected chi connectivity index (χ3v) is 4.64. The van der Waals surface area contributed by atoms with Gasteiger partial charge in [0.25, 0.3) is 0 Å². The van der Waals surface area contributed by atoms with Gasteiger partial charge in [-0.1, -0.05) is 18.6 Å². The van der Waals surface area contributed by atoms with E-state index in [2.05, 4.69) is 4.90 Å². The van der Waals surface area contributed by atoms with E-state index in [4.69, 9.17) is 16.0 Å². The Hall–Kier alpha value is -1.45. The minimum atomic E-state index is 0.331. The van der Waals surface area contributed by atoms with Gasteiger partial charge in [0, 0.05) is 6.04 Å². The lowest BCUT2D eigenvalue weighted by molar-refractivity contribution is 0.123. The Bertz CT molecular complexity index is 593. The van der Waals surface area contributed by atoms with Crippen LogP contribution in [0.5, 0.6) is 5.75 Å². The van der Waals surface area contributed by atoms with Gasteiger partial charge >= 0.3 is 0 Å². The maximum atomic E-state index is 9.35. The number of benzene rings is 1. The van der Waals surface area contributed by atoms with Crippen LogP contribution in [0.1, 0.15) is 37.0 Å². The zero-order chi connectivity index (χ0) is 15.4. The molecule has 1 N–H and O–H groups in total. The van der Waals surface area contributed by atoms with E-state index in [1.807, 2.05) is 24.3 Å². The maximum absolute atomic E-state index is 9.35. The maximum Gasteiger partial charge on any atom is 0.193 e. The monoisotopic (exact) mass is 319 g/mol. The number of halogens is 1. The molecule has 1 aromatic heterocycles. The minimum absolute atomic E-state index is 0.331. The van der Waals surface area contributed by atoms with Gasteiger partial charge in [-0.15, -0.1) is 0 Å². The molecule has 0 unspecified atom stereocenters. The lowest BCUT2D eigenvalue weighted by Crippen LogP contribution is -2.39. The van der Waals surface area contributed by atoms with Gasteiger partial charge in [0.15, 0.2) is 5.22 Å². The summed E-state index contributed by atoms with van der Waals surface area (Å²) < 4.78 is 5.51. The predicted octanol–water partition coefficient (Wildman–Crippen LogP) is 4.63. The van der Waals surface area contributed by atoms with Crippen molar-refractivity contribution in [3.05, 3.63) is 52.9 Å². The van der Waals surface area contributed by atoms with Crippen LogP contribution in [-0.2, 0) is 13.0 Å². The number of aromatic hydroxyl groups is 1. The lowest BCUT2D eigenvalue weighted by atomic mass is 9.95. The Morgan fingerprint density at radius 1 is 1.14 bits per heavy atom. The van der Waals surface area contributed by atoms with Crippen molar-refractivity contribution in [3.8, 4) is 5.75 Å². The van der Waals surface area contributed by atoms with E-state index in [1.54, 1.807) is 12.1 Å². The van der Waals surface area contributed by atoms with E-state index < -0.39 is 0 Å². The van der Waals surface area contributed by atoms with Crippen molar-refractivity contribution in [2.75, 3.05) is 6.54 Å². The molecule has 0 spiro atoms. The van der Waals surface area contributed by atoms with Crippen LogP contribution < -0.4 is 0 Å². The molecule has 1 aromatic carbocycles. The van der Waals surface area contributed by atoms with Crippen LogP contribution in [0.2, 0.25) is 5.22 Å². The molecule has 4 heteroatoms. The summed E-state index contributed by atoms with van der Waals surface area (Å²) in [5.74, 6) is 1.28. The van der Waals surface area contributed by atoms with Crippen LogP contribution in [0, 0.1) is 0 Å². The van der Waals surface area contributed by atoms with Crippen molar-refractivity contribution in [2.45, 2.75) is 44.7 Å². The number of piperidine rings is 1. The van der Waals surface area contributed by atoms with Crippen LogP contribution in [0.4, 0.5) is 0 Å². The fourth-order valence-corrected chi connectivity index (χ4v) is 3.39. The molecule has 3 rings (SSSR count). The zero-order valence-electron chi connectivity index (χ0n) is 12.7. The van der Waals surface area contributed by atoms with E-state index in [-0.39, 0.29) is 0 Å². The standard InChI is InChI=1S/C18H22ClNO2/c19-18-11-10-17(22-18)13-20-12-2-1-3-15(20)7-4-14-5-8-16(21)9-6-14/h5-6,8-11,15,21H,1-4,7,12-13H2/t15-/m0/s1. The Morgan fingerprint density at radius 2 is 1.95 bits per heavy atom. The molecule has 2 aromatic rings. The van der Waals surface area contributed by atoms with E-state index in [1.165, 1.54) is 24.8 Å². The lowest BCUT2D eigenvalue weighted by Gasteiger charge is -2.35. The van der Waals surface area contributed by atoms with Gasteiger partial charge in [-0.25, -0.2) is 0 Å². The summed E-state index contributed by atoms with van der Waals surface area (Å²) in [4.78, 5) is 2.51. The van der Waals surface area contributed by atoms with Gasteiger partial charge in [-0.2, -0.15) is 0 Å². The largest absolute Gasteiger partial charge is 0.508 e. The van der Waals surface area contributed by atoms with Crippen molar-refractivity contribution >= 4 is 11.6 Å². The van der Waals surface area contributed by atoms with Crippen LogP contribution >= 0.6 is 11.6 Å². The second-order valence-corrected chi connectivity index (χ2v) is 6.40. The third-order valence-electron chi connectivity index (χ3n) is 4.44. The highest BCUT2D eigenvalue weighted by Gasteiger charge is 2.23. The molecule has 0 aliphatic carbocycles. The fourth-order valence-electron chi connectivity index (χ4n) is 3.23. The number of rotatable bonds is 5. The number of nitrogens with zero attached hydrogens (tertiary/aromatic N) is 1. The molecule has 1 atom stereocenters. The third kappa shape index (κ3) is 4.05. The number of furan rings is 1. The first-order valence-corrected chi connectivity index (χ1v) is 8.35. The molecule has 118 valence electrons. The highest BCUT2D eigenvalue weighted by Crippen LogP contribution is 2.25. The van der Waals surface area contributed by atoms with E-state index in [0.29, 0.717) is 17.0 Å². The molecule has 1 saturated heterocycles. The van der Waals surface area contributed by atoms with Crippen molar-refractivity contribution in [2.24, 2.45) is 0 Å². The molecule has 3 nitrogen and oxygen atoms in total. The summed E-state index contributed by atoms with van der Waals surface area (Å²) in [5, 5.41) is 9.82. The Kier molecular flexibility index (Phi) is 5.06. The molecule has 0 radical (unpaired) electrons. The van der Waals surface area contributed by atoms with Crippen LogP contribution in [0.15, 0.2) is 40.8 Å². The number of hydrogen-bond acceptors (Lipinski definition) is 3. The molecule has 1 aliphatic heterocycles. The normalized spacial score (nSPS) is 19.4. The zero-order valence-corrected chi connectivity index (χ0v) is 13.4. The second-order valence-electron chi connectivity index (χ2n) is 6.03. The van der Waals surface area contributed by atoms with E-state index >= 15 is 0 Å². The minimum Gasteiger partial charge on any atom is -0.508 e. The number of hydrogen-bond donors (Lipinski definition) is 1. The van der Waals surface area contributed by atoms with Gasteiger partial charge in [-0.05, 0) is 73.7 Å². The summed E-state index contributed by atoms with van der Waals surface area (Å²) in [6, 6.07) is 11.9. The highest BCUT2D eigenvalue weighted by atomic mass is 35.5. The average Bonchev–Trinajstić information content (AvgIpc) is 2.93. The van der Waals surface area contributed by atoms with Crippen LogP contribution in [0.3, 0.4) is 0 Å². The van der Waals surface area contributed by atoms with Crippen molar-refractivity contribution in [1.82, 2.24) is 4.90 Å². The van der Waals surface area contributed by atoms with Gasteiger partial charge in [-0.3, -0.25) is 4.90 Å². The van der Waals surface area contributed by atoms with E-state index in [9.17, 15) is 5.11 Å². The molecule has 1 aliphatic rings. The average molecular weight is 320 g/mol. The molecule has 0 bridgehead atoms. The van der Waals surface area contributed by atoms with Gasteiger partial charge in [0.2, 0.25) is 0 Å². The Balaban J connectivity index is 1.58. The molecular weight excluding hydrogens is 298 g/mol. The molecule has 0 amide bonds. The Morgan fingerprint density at radius 3 is 2.68 bits per heavy atom. The summed E-state index contributed by atoms with van der Waals surface area (Å²) in [6.45, 7) is 1.96. The van der Waals surface area contributed by atoms with Gasteiger partial charge in [0.05, 0.1) is 6.54 Å². The van der Waals surface area contributed by atoms with Crippen molar-refractivity contribution in [3.63, 3.8) is 0 Å². The number of likely N-dealkylation sites (tertiary alicyclic amines) is 1. The second kappa shape index (κ2) is 7.21. The molecule has 2 heterocycles. The predicted molar refractivity (Wildman–Crippen MR) is 88.2 cm³/mol. The number of aryl methyl sites for hydroxylation is 1. The van der Waals surface area contributed by atoms with Crippen LogP contribution in [0.25, 0.3) is 0 Å². The first-order valence-electron chi connectivity index (χ1n) is 7.97. The smallest absolute Gasteiger partial charge is 0.193 e. The summed E-state index contributed by atoms with van der Waals surface area (Å²) >= 11 is 5.86. The van der Waals surface area contributed by atoms with Crippen molar-refractivity contribution < 1.29 is 9.52 Å². The summed E-state index contributed by atoms with van der Waals surface area (Å²) in [7, 11) is 0. The highest BCUT2D eigenvalue weighted by molar-refractivity contribution is 6.28. The molecule has 22 heavy (non-hydrogen) atoms. The van der Waals surface area contributed by atoms with Crippen LogP contribution in [-0.4, -0.2) is 22.6 Å². The number of phenols is 1. The topological polar surface area (TPSA) is 36.6 Å². The first-order chi connectivity index (χ1) is 10.7. The summed E-state index contributed by atoms with van der Waals surface area (Å²) in [5.41, 5.74) is 1.28. The fraction of sp³-hybridized carbons (Fsp3) is 0.444. The SMILES string of the molecule is Oc1ccc(CC[C@@H]2CCCCN2Cc2ccc(Cl)o2)cc1. The molecule has 0 saturated carbocycles. The number of phenolic OH excluding ortho intramolecular Hbond substituents is 1. The first kappa shape index (κ1) is 15.4. The quantitative estimate of drug-likeness (QED) is 0.873. The van der Waals surface area contributed by atoms with Gasteiger partial charge in [0.1, 0.15) is 11.5 Å². The summed E-state index contributed by atoms with van der Waals surface area (Å²) in [6.07, 6.45) is 5.98. The van der Waals surface area contributed by atoms with E-state index in [0.717, 1.165) is 31.7 Å². The Labute approximate surface area is 136 Å². The molecule has 1 fully saturated rings.